The van der Waals surface area contributed by atoms with Crippen molar-refractivity contribution >= 4 is 5.69 Å². The first-order valence-electron chi connectivity index (χ1n) is 6.62. The van der Waals surface area contributed by atoms with Crippen LogP contribution in [0.15, 0.2) is 36.8 Å². The first kappa shape index (κ1) is 15.1. The molecule has 0 aliphatic rings. The van der Waals surface area contributed by atoms with Crippen LogP contribution in [0, 0.1) is 10.1 Å². The molecule has 1 aromatic carbocycles. The number of hydrogen-bond acceptors (Lipinski definition) is 5. The highest BCUT2D eigenvalue weighted by atomic mass is 16.6. The van der Waals surface area contributed by atoms with Crippen molar-refractivity contribution in [2.24, 2.45) is 0 Å². The molecule has 0 bridgehead atoms. The van der Waals surface area contributed by atoms with Gasteiger partial charge in [0, 0.05) is 45.1 Å². The molecule has 0 saturated heterocycles. The third kappa shape index (κ3) is 4.66. The maximum absolute atomic E-state index is 10.6. The zero-order valence-electron chi connectivity index (χ0n) is 11.9. The average Bonchev–Trinajstić information content (AvgIpc) is 2.92. The number of methoxy groups -OCH3 is 1. The Morgan fingerprint density at radius 1 is 1.38 bits per heavy atom. The molecule has 0 amide bonds. The molecule has 0 aliphatic heterocycles. The Hall–Kier alpha value is -2.25. The quantitative estimate of drug-likeness (QED) is 0.453. The van der Waals surface area contributed by atoms with Gasteiger partial charge in [-0.3, -0.25) is 10.1 Å². The third-order valence-electron chi connectivity index (χ3n) is 2.99. The summed E-state index contributed by atoms with van der Waals surface area (Å²) in [5.41, 5.74) is 2.05. The lowest BCUT2D eigenvalue weighted by atomic mass is 10.2. The van der Waals surface area contributed by atoms with Crippen LogP contribution in [-0.4, -0.2) is 34.7 Å². The van der Waals surface area contributed by atoms with E-state index in [1.165, 1.54) is 12.1 Å². The summed E-state index contributed by atoms with van der Waals surface area (Å²) in [6.07, 6.45) is 3.72. The molecule has 1 heterocycles. The molecule has 0 fully saturated rings. The molecule has 7 heteroatoms. The van der Waals surface area contributed by atoms with E-state index in [2.05, 4.69) is 10.3 Å². The highest BCUT2D eigenvalue weighted by molar-refractivity contribution is 5.32. The van der Waals surface area contributed by atoms with Crippen LogP contribution in [0.3, 0.4) is 0 Å². The molecule has 0 aliphatic carbocycles. The Morgan fingerprint density at radius 2 is 2.14 bits per heavy atom. The van der Waals surface area contributed by atoms with Gasteiger partial charge in [0.1, 0.15) is 0 Å². The van der Waals surface area contributed by atoms with Gasteiger partial charge >= 0.3 is 0 Å². The van der Waals surface area contributed by atoms with Gasteiger partial charge in [-0.1, -0.05) is 12.1 Å². The van der Waals surface area contributed by atoms with Gasteiger partial charge in [-0.25, -0.2) is 4.98 Å². The van der Waals surface area contributed by atoms with Gasteiger partial charge < -0.3 is 14.6 Å². The van der Waals surface area contributed by atoms with Crippen molar-refractivity contribution in [3.63, 3.8) is 0 Å². The number of nitro groups is 1. The van der Waals surface area contributed by atoms with Crippen molar-refractivity contribution in [1.82, 2.24) is 14.9 Å². The van der Waals surface area contributed by atoms with E-state index in [0.717, 1.165) is 17.8 Å². The Balaban J connectivity index is 1.88. The Morgan fingerprint density at radius 3 is 2.81 bits per heavy atom. The molecule has 2 aromatic rings. The normalized spacial score (nSPS) is 10.7. The smallest absolute Gasteiger partial charge is 0.269 e. The number of hydrogen-bond donors (Lipinski definition) is 1. The van der Waals surface area contributed by atoms with E-state index in [1.807, 2.05) is 10.8 Å². The van der Waals surface area contributed by atoms with Crippen molar-refractivity contribution in [1.29, 1.82) is 0 Å². The zero-order chi connectivity index (χ0) is 15.1. The number of rotatable bonds is 8. The molecule has 0 radical (unpaired) electrons. The first-order valence-corrected chi connectivity index (χ1v) is 6.62. The van der Waals surface area contributed by atoms with Gasteiger partial charge in [0.2, 0.25) is 0 Å². The standard InChI is InChI=1S/C14H18N4O3/c1-21-7-6-15-8-13-10-17(11-16-13)9-12-2-4-14(5-3-12)18(19)20/h2-5,10-11,15H,6-9H2,1H3. The molecule has 7 nitrogen and oxygen atoms in total. The summed E-state index contributed by atoms with van der Waals surface area (Å²) in [5, 5.41) is 13.8. The number of imidazole rings is 1. The van der Waals surface area contributed by atoms with Crippen LogP contribution in [0.1, 0.15) is 11.3 Å². The van der Waals surface area contributed by atoms with Crippen LogP contribution < -0.4 is 5.32 Å². The zero-order valence-corrected chi connectivity index (χ0v) is 11.9. The second-order valence-corrected chi connectivity index (χ2v) is 4.63. The van der Waals surface area contributed by atoms with Crippen LogP contribution in [-0.2, 0) is 17.8 Å². The molecular formula is C14H18N4O3. The predicted octanol–water partition coefficient (Wildman–Crippen LogP) is 1.58. The number of nitrogens with one attached hydrogen (secondary N) is 1. The summed E-state index contributed by atoms with van der Waals surface area (Å²) in [7, 11) is 1.67. The summed E-state index contributed by atoms with van der Waals surface area (Å²) in [4.78, 5) is 14.5. The minimum Gasteiger partial charge on any atom is -0.383 e. The van der Waals surface area contributed by atoms with E-state index in [9.17, 15) is 10.1 Å². The predicted molar refractivity (Wildman–Crippen MR) is 78.0 cm³/mol. The van der Waals surface area contributed by atoms with Crippen molar-refractivity contribution in [2.75, 3.05) is 20.3 Å². The molecule has 0 saturated carbocycles. The van der Waals surface area contributed by atoms with E-state index in [4.69, 9.17) is 4.74 Å². The van der Waals surface area contributed by atoms with Gasteiger partial charge in [-0.05, 0) is 5.56 Å². The lowest BCUT2D eigenvalue weighted by Gasteiger charge is -2.02. The fraction of sp³-hybridized carbons (Fsp3) is 0.357. The van der Waals surface area contributed by atoms with Crippen LogP contribution in [0.25, 0.3) is 0 Å². The maximum Gasteiger partial charge on any atom is 0.269 e. The number of aromatic nitrogens is 2. The Kier molecular flexibility index (Phi) is 5.42. The van der Waals surface area contributed by atoms with Crippen molar-refractivity contribution in [3.05, 3.63) is 58.2 Å². The summed E-state index contributed by atoms with van der Waals surface area (Å²) in [6, 6.07) is 6.54. The molecule has 0 atom stereocenters. The van der Waals surface area contributed by atoms with E-state index < -0.39 is 4.92 Å². The van der Waals surface area contributed by atoms with Gasteiger partial charge in [0.25, 0.3) is 5.69 Å². The van der Waals surface area contributed by atoms with Gasteiger partial charge in [-0.15, -0.1) is 0 Å². The lowest BCUT2D eigenvalue weighted by molar-refractivity contribution is -0.384. The van der Waals surface area contributed by atoms with Crippen molar-refractivity contribution in [3.8, 4) is 0 Å². The maximum atomic E-state index is 10.6. The number of ether oxygens (including phenoxy) is 1. The number of nitro benzene ring substituents is 1. The van der Waals surface area contributed by atoms with Gasteiger partial charge in [-0.2, -0.15) is 0 Å². The minimum absolute atomic E-state index is 0.104. The van der Waals surface area contributed by atoms with Gasteiger partial charge in [0.15, 0.2) is 0 Å². The summed E-state index contributed by atoms with van der Waals surface area (Å²) in [6.45, 7) is 2.79. The molecule has 21 heavy (non-hydrogen) atoms. The molecule has 0 unspecified atom stereocenters. The number of non-ortho nitro benzene ring substituents is 1. The third-order valence-corrected chi connectivity index (χ3v) is 2.99. The molecule has 0 spiro atoms. The van der Waals surface area contributed by atoms with E-state index in [1.54, 1.807) is 25.6 Å². The van der Waals surface area contributed by atoms with Crippen LogP contribution in [0.2, 0.25) is 0 Å². The van der Waals surface area contributed by atoms with Gasteiger partial charge in [0.05, 0.1) is 23.6 Å². The Labute approximate surface area is 122 Å². The average molecular weight is 290 g/mol. The highest BCUT2D eigenvalue weighted by Crippen LogP contribution is 2.13. The summed E-state index contributed by atoms with van der Waals surface area (Å²) < 4.78 is 6.91. The Bertz CT molecular complexity index is 580. The van der Waals surface area contributed by atoms with E-state index >= 15 is 0 Å². The molecule has 2 rings (SSSR count). The molecule has 112 valence electrons. The fourth-order valence-corrected chi connectivity index (χ4v) is 1.91. The molecule has 1 aromatic heterocycles. The summed E-state index contributed by atoms with van der Waals surface area (Å²) >= 11 is 0. The van der Waals surface area contributed by atoms with Crippen LogP contribution in [0.4, 0.5) is 5.69 Å². The highest BCUT2D eigenvalue weighted by Gasteiger charge is 2.05. The first-order chi connectivity index (χ1) is 10.2. The van der Waals surface area contributed by atoms with Crippen LogP contribution >= 0.6 is 0 Å². The number of nitrogens with zero attached hydrogens (tertiary/aromatic N) is 3. The number of benzene rings is 1. The molecule has 1 N–H and O–H groups in total. The topological polar surface area (TPSA) is 82.2 Å². The second-order valence-electron chi connectivity index (χ2n) is 4.63. The largest absolute Gasteiger partial charge is 0.383 e. The van der Waals surface area contributed by atoms with Crippen molar-refractivity contribution < 1.29 is 9.66 Å². The monoisotopic (exact) mass is 290 g/mol. The minimum atomic E-state index is -0.398. The molecular weight excluding hydrogens is 272 g/mol. The lowest BCUT2D eigenvalue weighted by Crippen LogP contribution is -2.18. The second kappa shape index (κ2) is 7.51. The SMILES string of the molecule is COCCNCc1cn(Cc2ccc([N+](=O)[O-])cc2)cn1. The van der Waals surface area contributed by atoms with Crippen molar-refractivity contribution in [2.45, 2.75) is 13.1 Å². The van der Waals surface area contributed by atoms with Crippen LogP contribution in [0.5, 0.6) is 0 Å². The summed E-state index contributed by atoms with van der Waals surface area (Å²) in [5.74, 6) is 0. The van der Waals surface area contributed by atoms with E-state index in [0.29, 0.717) is 19.7 Å². The van der Waals surface area contributed by atoms with E-state index in [-0.39, 0.29) is 5.69 Å². The fourth-order valence-electron chi connectivity index (χ4n) is 1.91.